The summed E-state index contributed by atoms with van der Waals surface area (Å²) in [4.78, 5) is 23.6. The number of aromatic nitrogens is 5. The molecule has 2 N–H and O–H groups in total. The van der Waals surface area contributed by atoms with Crippen LogP contribution in [0.2, 0.25) is 0 Å². The fraction of sp³-hybridized carbons (Fsp3) is 0.333. The highest BCUT2D eigenvalue weighted by atomic mass is 127. The number of ether oxygens (including phenoxy) is 1. The first-order chi connectivity index (χ1) is 21.2. The van der Waals surface area contributed by atoms with Crippen LogP contribution in [-0.4, -0.2) is 56.4 Å². The summed E-state index contributed by atoms with van der Waals surface area (Å²) in [6.07, 6.45) is 12.0. The van der Waals surface area contributed by atoms with Crippen LogP contribution in [0.15, 0.2) is 67.3 Å². The molecule has 2 aromatic carbocycles. The van der Waals surface area contributed by atoms with E-state index in [1.54, 1.807) is 6.20 Å². The number of unbranched alkanes of at least 4 members (excludes halogenated alkanes) is 3. The Morgan fingerprint density at radius 2 is 1.91 bits per heavy atom. The maximum absolute atomic E-state index is 11.7. The molecule has 13 heteroatoms. The van der Waals surface area contributed by atoms with Crippen LogP contribution >= 0.6 is 28.5 Å². The van der Waals surface area contributed by atoms with Gasteiger partial charge in [-0.3, -0.25) is 9.48 Å². The molecule has 1 fully saturated rings. The number of hydroxylamine groups is 1. The van der Waals surface area contributed by atoms with Crippen LogP contribution in [0, 0.1) is 0 Å². The van der Waals surface area contributed by atoms with Gasteiger partial charge in [-0.15, -0.1) is 0 Å². The van der Waals surface area contributed by atoms with Crippen LogP contribution in [-0.2, 0) is 20.7 Å². The Bertz CT molecular complexity index is 1670. The lowest BCUT2D eigenvalue weighted by atomic mass is 10.1. The lowest BCUT2D eigenvalue weighted by Gasteiger charge is -2.28. The van der Waals surface area contributed by atoms with Crippen molar-refractivity contribution >= 4 is 68.1 Å². The molecule has 11 nitrogen and oxygen atoms in total. The number of fused-ring (bicyclic) bond motifs is 2. The Labute approximate surface area is 264 Å². The maximum Gasteiger partial charge on any atom is 0.243 e. The summed E-state index contributed by atoms with van der Waals surface area (Å²) in [5, 5.41) is 9.23. The third kappa shape index (κ3) is 7.43. The van der Waals surface area contributed by atoms with Gasteiger partial charge in [0.15, 0.2) is 11.5 Å². The maximum atomic E-state index is 11.7. The van der Waals surface area contributed by atoms with E-state index in [9.17, 15) is 4.79 Å². The molecular weight excluding hydrogens is 678 g/mol. The van der Waals surface area contributed by atoms with Gasteiger partial charge in [0.05, 0.1) is 30.6 Å². The number of benzene rings is 2. The zero-order valence-corrected chi connectivity index (χ0v) is 26.9. The van der Waals surface area contributed by atoms with Crippen LogP contribution in [0.4, 0.5) is 17.2 Å². The zero-order valence-electron chi connectivity index (χ0n) is 23.7. The molecule has 1 aliphatic heterocycles. The van der Waals surface area contributed by atoms with Crippen molar-refractivity contribution in [3.8, 4) is 11.3 Å². The quantitative estimate of drug-likeness (QED) is 0.0637. The fourth-order valence-corrected chi connectivity index (χ4v) is 5.79. The van der Waals surface area contributed by atoms with Crippen LogP contribution in [0.25, 0.3) is 27.8 Å². The van der Waals surface area contributed by atoms with Crippen molar-refractivity contribution < 1.29 is 14.2 Å². The molecule has 224 valence electrons. The second kappa shape index (κ2) is 14.4. The van der Waals surface area contributed by atoms with Gasteiger partial charge in [-0.1, -0.05) is 25.0 Å². The highest BCUT2D eigenvalue weighted by molar-refractivity contribution is 14.2. The average molecular weight is 713 g/mol. The highest BCUT2D eigenvalue weighted by Gasteiger charge is 2.14. The SMILES string of the molecule is O=C(CCCCCCn1ncc2ccc(-c3cn4ccnc4c(Nc4ccc(N5CCOCC5)cc4)n3)cc21)NOPI. The van der Waals surface area contributed by atoms with E-state index in [4.69, 9.17) is 14.3 Å². The third-order valence-corrected chi connectivity index (χ3v) is 8.39. The van der Waals surface area contributed by atoms with E-state index < -0.39 is 0 Å². The van der Waals surface area contributed by atoms with E-state index in [1.807, 2.05) is 23.0 Å². The van der Waals surface area contributed by atoms with Gasteiger partial charge in [-0.2, -0.15) is 5.10 Å². The third-order valence-electron chi connectivity index (χ3n) is 7.55. The van der Waals surface area contributed by atoms with Crippen molar-refractivity contribution in [2.45, 2.75) is 38.6 Å². The number of carbonyl (C=O) groups is 1. The predicted molar refractivity (Wildman–Crippen MR) is 179 cm³/mol. The fourth-order valence-electron chi connectivity index (χ4n) is 5.30. The summed E-state index contributed by atoms with van der Waals surface area (Å²) in [7, 11) is 0. The van der Waals surface area contributed by atoms with Gasteiger partial charge in [0.25, 0.3) is 0 Å². The molecule has 1 unspecified atom stereocenters. The lowest BCUT2D eigenvalue weighted by molar-refractivity contribution is -0.127. The number of amides is 1. The molecule has 0 radical (unpaired) electrons. The molecule has 1 atom stereocenters. The Hall–Kier alpha value is -3.32. The highest BCUT2D eigenvalue weighted by Crippen LogP contribution is 2.28. The number of anilines is 3. The first-order valence-electron chi connectivity index (χ1n) is 14.5. The van der Waals surface area contributed by atoms with Gasteiger partial charge in [0.1, 0.15) is 6.45 Å². The smallest absolute Gasteiger partial charge is 0.243 e. The van der Waals surface area contributed by atoms with E-state index in [0.29, 0.717) is 12.2 Å². The number of nitrogens with one attached hydrogen (secondary N) is 2. The largest absolute Gasteiger partial charge is 0.378 e. The van der Waals surface area contributed by atoms with E-state index in [2.05, 4.69) is 95.0 Å². The zero-order chi connectivity index (χ0) is 29.4. The number of hydrogen-bond donors (Lipinski definition) is 2. The monoisotopic (exact) mass is 712 g/mol. The van der Waals surface area contributed by atoms with Crippen LogP contribution in [0.1, 0.15) is 32.1 Å². The number of hydrogen-bond acceptors (Lipinski definition) is 8. The standard InChI is InChI=1S/C30H34IN8O3P/c31-43-42-36-28(40)5-3-1-2-4-13-39-27-19-22(6-7-23(27)20-33-39)26-21-38-14-12-32-30(38)29(35-26)34-24-8-10-25(11-9-24)37-15-17-41-18-16-37/h6-12,14,19-21,43H,1-5,13,15-18H2,(H,34,35)(H,36,40). The topological polar surface area (TPSA) is 111 Å². The molecule has 0 saturated carbocycles. The number of imidazole rings is 1. The molecule has 0 bridgehead atoms. The Morgan fingerprint density at radius 1 is 1.07 bits per heavy atom. The van der Waals surface area contributed by atoms with E-state index in [-0.39, 0.29) is 12.4 Å². The summed E-state index contributed by atoms with van der Waals surface area (Å²) >= 11 is 2.08. The van der Waals surface area contributed by atoms with Crippen molar-refractivity contribution in [3.63, 3.8) is 0 Å². The first-order valence-corrected chi connectivity index (χ1v) is 18.5. The van der Waals surface area contributed by atoms with Crippen molar-refractivity contribution in [1.82, 2.24) is 29.6 Å². The summed E-state index contributed by atoms with van der Waals surface area (Å²) in [6.45, 7) is 4.38. The van der Waals surface area contributed by atoms with Crippen molar-refractivity contribution in [2.24, 2.45) is 0 Å². The molecule has 4 heterocycles. The molecule has 3 aromatic heterocycles. The van der Waals surface area contributed by atoms with E-state index in [1.165, 1.54) is 5.69 Å². The Kier molecular flexibility index (Phi) is 9.98. The van der Waals surface area contributed by atoms with Gasteiger partial charge in [0, 0.05) is 67.0 Å². The molecule has 5 aromatic rings. The Balaban J connectivity index is 1.14. The molecule has 1 amide bonds. The van der Waals surface area contributed by atoms with Crippen LogP contribution < -0.4 is 15.7 Å². The van der Waals surface area contributed by atoms with Gasteiger partial charge in [-0.05, 0) is 65.2 Å². The van der Waals surface area contributed by atoms with Crippen LogP contribution in [0.5, 0.6) is 0 Å². The Morgan fingerprint density at radius 3 is 2.74 bits per heavy atom. The van der Waals surface area contributed by atoms with Gasteiger partial charge >= 0.3 is 0 Å². The number of rotatable bonds is 13. The van der Waals surface area contributed by atoms with Gasteiger partial charge < -0.3 is 19.4 Å². The minimum absolute atomic E-state index is 0.0581. The predicted octanol–water partition coefficient (Wildman–Crippen LogP) is 6.27. The van der Waals surface area contributed by atoms with Crippen LogP contribution in [0.3, 0.4) is 0 Å². The average Bonchev–Trinajstić information content (AvgIpc) is 3.69. The minimum atomic E-state index is -0.0581. The van der Waals surface area contributed by atoms with Gasteiger partial charge in [-0.25, -0.2) is 20.1 Å². The number of carbonyl (C=O) groups excluding carboxylic acids is 1. The summed E-state index contributed by atoms with van der Waals surface area (Å²) < 4.78 is 14.5. The van der Waals surface area contributed by atoms with Crippen molar-refractivity contribution in [3.05, 3.63) is 67.3 Å². The summed E-state index contributed by atoms with van der Waals surface area (Å²) in [6, 6.07) is 14.8. The molecule has 43 heavy (non-hydrogen) atoms. The normalized spacial score (nSPS) is 13.8. The lowest BCUT2D eigenvalue weighted by Crippen LogP contribution is -2.36. The molecule has 1 saturated heterocycles. The number of halogens is 1. The van der Waals surface area contributed by atoms with Gasteiger partial charge in [0.2, 0.25) is 5.91 Å². The van der Waals surface area contributed by atoms with E-state index in [0.717, 1.165) is 92.0 Å². The molecule has 6 rings (SSSR count). The second-order valence-electron chi connectivity index (χ2n) is 10.4. The van der Waals surface area contributed by atoms with Crippen molar-refractivity contribution in [2.75, 3.05) is 36.5 Å². The van der Waals surface area contributed by atoms with E-state index >= 15 is 0 Å². The minimum Gasteiger partial charge on any atom is -0.378 e. The first kappa shape index (κ1) is 29.7. The molecule has 0 spiro atoms. The number of morpholine rings is 1. The van der Waals surface area contributed by atoms with Crippen molar-refractivity contribution in [1.29, 1.82) is 0 Å². The molecule has 0 aliphatic carbocycles. The summed E-state index contributed by atoms with van der Waals surface area (Å²) in [5.41, 5.74) is 8.30. The number of nitrogens with zero attached hydrogens (tertiary/aromatic N) is 6. The molecule has 1 aliphatic rings. The second-order valence-corrected chi connectivity index (χ2v) is 12.1. The number of aryl methyl sites for hydroxylation is 1. The molecular formula is C30H34IN8O3P. The summed E-state index contributed by atoms with van der Waals surface area (Å²) in [5.74, 6) is 0.641.